The minimum Gasteiger partial charge on any atom is -0.481 e. The summed E-state index contributed by atoms with van der Waals surface area (Å²) in [4.78, 5) is 27.9. The van der Waals surface area contributed by atoms with Crippen molar-refractivity contribution in [3.05, 3.63) is 16.1 Å². The minimum absolute atomic E-state index is 0.0531. The van der Waals surface area contributed by atoms with Crippen molar-refractivity contribution in [1.29, 1.82) is 0 Å². The molecule has 22 heavy (non-hydrogen) atoms. The fourth-order valence-corrected chi connectivity index (χ4v) is 3.86. The van der Waals surface area contributed by atoms with Crippen molar-refractivity contribution in [2.45, 2.75) is 64.3 Å². The van der Waals surface area contributed by atoms with Gasteiger partial charge in [0, 0.05) is 11.8 Å². The predicted molar refractivity (Wildman–Crippen MR) is 85.9 cm³/mol. The molecular formula is C16H24N2O3S. The fraction of sp³-hybridized carbons (Fsp3) is 0.688. The Hall–Kier alpha value is -1.43. The summed E-state index contributed by atoms with van der Waals surface area (Å²) in [6.07, 6.45) is 5.22. The second-order valence-electron chi connectivity index (χ2n) is 6.31. The van der Waals surface area contributed by atoms with E-state index < -0.39 is 17.4 Å². The molecule has 1 aromatic rings. The van der Waals surface area contributed by atoms with Crippen molar-refractivity contribution in [3.63, 3.8) is 0 Å². The van der Waals surface area contributed by atoms with Gasteiger partial charge in [0.15, 0.2) is 0 Å². The van der Waals surface area contributed by atoms with E-state index >= 15 is 0 Å². The van der Waals surface area contributed by atoms with Crippen molar-refractivity contribution in [2.75, 3.05) is 0 Å². The van der Waals surface area contributed by atoms with E-state index in [0.29, 0.717) is 12.8 Å². The van der Waals surface area contributed by atoms with E-state index in [1.165, 1.54) is 0 Å². The van der Waals surface area contributed by atoms with Gasteiger partial charge in [-0.2, -0.15) is 0 Å². The predicted octanol–water partition coefficient (Wildman–Crippen LogP) is 2.92. The largest absolute Gasteiger partial charge is 0.481 e. The molecule has 1 aliphatic rings. The molecule has 0 spiro atoms. The van der Waals surface area contributed by atoms with Gasteiger partial charge in [0.2, 0.25) is 5.91 Å². The zero-order valence-electron chi connectivity index (χ0n) is 13.2. The summed E-state index contributed by atoms with van der Waals surface area (Å²) >= 11 is 1.62. The number of aryl methyl sites for hydroxylation is 2. The van der Waals surface area contributed by atoms with Crippen LogP contribution in [0, 0.1) is 12.8 Å². The highest BCUT2D eigenvalue weighted by Gasteiger charge is 2.41. The number of amides is 1. The summed E-state index contributed by atoms with van der Waals surface area (Å²) in [6.45, 7) is 3.84. The molecule has 1 aromatic heterocycles. The van der Waals surface area contributed by atoms with Gasteiger partial charge in [0.25, 0.3) is 0 Å². The number of nitrogens with zero attached hydrogens (tertiary/aromatic N) is 1. The van der Waals surface area contributed by atoms with Crippen LogP contribution in [0.1, 0.15) is 56.2 Å². The number of carboxylic acid groups (broad SMARTS) is 1. The molecule has 1 heterocycles. The van der Waals surface area contributed by atoms with E-state index in [2.05, 4.69) is 10.3 Å². The van der Waals surface area contributed by atoms with E-state index in [1.54, 1.807) is 11.3 Å². The Kier molecular flexibility index (Phi) is 5.56. The third kappa shape index (κ3) is 4.29. The van der Waals surface area contributed by atoms with Crippen LogP contribution in [0.4, 0.5) is 0 Å². The molecular weight excluding hydrogens is 300 g/mol. The van der Waals surface area contributed by atoms with Gasteiger partial charge >= 0.3 is 5.97 Å². The van der Waals surface area contributed by atoms with E-state index in [0.717, 1.165) is 42.8 Å². The molecule has 0 bridgehead atoms. The van der Waals surface area contributed by atoms with Crippen LogP contribution in [0.2, 0.25) is 0 Å². The second kappa shape index (κ2) is 7.22. The van der Waals surface area contributed by atoms with E-state index in [-0.39, 0.29) is 5.91 Å². The highest BCUT2D eigenvalue weighted by atomic mass is 32.1. The summed E-state index contributed by atoms with van der Waals surface area (Å²) in [5, 5.41) is 15.4. The summed E-state index contributed by atoms with van der Waals surface area (Å²) in [5.74, 6) is -1.34. The van der Waals surface area contributed by atoms with Gasteiger partial charge in [-0.1, -0.05) is 12.8 Å². The van der Waals surface area contributed by atoms with Crippen LogP contribution in [0.5, 0.6) is 0 Å². The summed E-state index contributed by atoms with van der Waals surface area (Å²) in [5.41, 5.74) is 0.417. The molecule has 0 saturated heterocycles. The number of carboxylic acids is 1. The SMILES string of the molecule is Cc1nc(CCCC(=O)NC2(C)CCCCC2C(=O)O)cs1. The molecule has 2 unspecified atom stereocenters. The fourth-order valence-electron chi connectivity index (χ4n) is 3.21. The lowest BCUT2D eigenvalue weighted by molar-refractivity contribution is -0.146. The first-order chi connectivity index (χ1) is 10.4. The molecule has 122 valence electrons. The molecule has 1 fully saturated rings. The molecule has 0 radical (unpaired) electrons. The zero-order chi connectivity index (χ0) is 16.2. The van der Waals surface area contributed by atoms with Gasteiger partial charge in [-0.15, -0.1) is 11.3 Å². The normalized spacial score (nSPS) is 24.9. The van der Waals surface area contributed by atoms with Crippen LogP contribution in [-0.2, 0) is 16.0 Å². The molecule has 1 aliphatic carbocycles. The monoisotopic (exact) mass is 324 g/mol. The quantitative estimate of drug-likeness (QED) is 0.843. The maximum absolute atomic E-state index is 12.2. The average molecular weight is 324 g/mol. The molecule has 1 amide bonds. The van der Waals surface area contributed by atoms with Gasteiger partial charge in [-0.25, -0.2) is 4.98 Å². The molecule has 2 N–H and O–H groups in total. The molecule has 0 aliphatic heterocycles. The van der Waals surface area contributed by atoms with Crippen molar-refractivity contribution < 1.29 is 14.7 Å². The highest BCUT2D eigenvalue weighted by Crippen LogP contribution is 2.34. The van der Waals surface area contributed by atoms with Gasteiger partial charge in [0.05, 0.1) is 22.2 Å². The van der Waals surface area contributed by atoms with Crippen molar-refractivity contribution >= 4 is 23.2 Å². The number of hydrogen-bond donors (Lipinski definition) is 2. The number of thiazole rings is 1. The van der Waals surface area contributed by atoms with Crippen LogP contribution in [-0.4, -0.2) is 27.5 Å². The molecule has 5 nitrogen and oxygen atoms in total. The molecule has 2 rings (SSSR count). The van der Waals surface area contributed by atoms with Crippen LogP contribution in [0.15, 0.2) is 5.38 Å². The van der Waals surface area contributed by atoms with E-state index in [4.69, 9.17) is 0 Å². The Balaban J connectivity index is 1.83. The lowest BCUT2D eigenvalue weighted by Gasteiger charge is -2.39. The van der Waals surface area contributed by atoms with Crippen LogP contribution in [0.3, 0.4) is 0 Å². The first kappa shape index (κ1) is 16.9. The Bertz CT molecular complexity index is 543. The molecule has 1 saturated carbocycles. The highest BCUT2D eigenvalue weighted by molar-refractivity contribution is 7.09. The number of hydrogen-bond acceptors (Lipinski definition) is 4. The van der Waals surface area contributed by atoms with Crippen molar-refractivity contribution in [1.82, 2.24) is 10.3 Å². The number of carbonyl (C=O) groups is 2. The maximum Gasteiger partial charge on any atom is 0.308 e. The van der Waals surface area contributed by atoms with Crippen molar-refractivity contribution in [3.8, 4) is 0 Å². The van der Waals surface area contributed by atoms with E-state index in [9.17, 15) is 14.7 Å². The third-order valence-corrected chi connectivity index (χ3v) is 5.26. The Morgan fingerprint density at radius 3 is 2.91 bits per heavy atom. The third-order valence-electron chi connectivity index (χ3n) is 4.43. The number of carbonyl (C=O) groups excluding carboxylic acids is 1. The standard InChI is InChI=1S/C16H24N2O3S/c1-11-17-12(10-22-11)6-5-8-14(19)18-16(2)9-4-3-7-13(16)15(20)21/h10,13H,3-9H2,1-2H3,(H,18,19)(H,20,21). The smallest absolute Gasteiger partial charge is 0.308 e. The van der Waals surface area contributed by atoms with Gasteiger partial charge < -0.3 is 10.4 Å². The Morgan fingerprint density at radius 2 is 2.27 bits per heavy atom. The first-order valence-electron chi connectivity index (χ1n) is 7.85. The Labute approximate surface area is 135 Å². The van der Waals surface area contributed by atoms with Gasteiger partial charge in [0.1, 0.15) is 0 Å². The topological polar surface area (TPSA) is 79.3 Å². The minimum atomic E-state index is -0.805. The van der Waals surface area contributed by atoms with Gasteiger partial charge in [-0.05, 0) is 39.5 Å². The number of rotatable bonds is 6. The first-order valence-corrected chi connectivity index (χ1v) is 8.73. The Morgan fingerprint density at radius 1 is 1.50 bits per heavy atom. The lowest BCUT2D eigenvalue weighted by Crippen LogP contribution is -2.55. The maximum atomic E-state index is 12.2. The summed E-state index contributed by atoms with van der Waals surface area (Å²) in [6, 6.07) is 0. The van der Waals surface area contributed by atoms with Crippen LogP contribution in [0.25, 0.3) is 0 Å². The number of aliphatic carboxylic acids is 1. The number of aromatic nitrogens is 1. The molecule has 6 heteroatoms. The zero-order valence-corrected chi connectivity index (χ0v) is 14.0. The van der Waals surface area contributed by atoms with Gasteiger partial charge in [-0.3, -0.25) is 9.59 Å². The van der Waals surface area contributed by atoms with Crippen LogP contribution >= 0.6 is 11.3 Å². The second-order valence-corrected chi connectivity index (χ2v) is 7.38. The summed E-state index contributed by atoms with van der Waals surface area (Å²) in [7, 11) is 0. The average Bonchev–Trinajstić information content (AvgIpc) is 2.84. The summed E-state index contributed by atoms with van der Waals surface area (Å²) < 4.78 is 0. The van der Waals surface area contributed by atoms with Crippen molar-refractivity contribution in [2.24, 2.45) is 5.92 Å². The number of nitrogens with one attached hydrogen (secondary N) is 1. The van der Waals surface area contributed by atoms with Crippen LogP contribution < -0.4 is 5.32 Å². The lowest BCUT2D eigenvalue weighted by atomic mass is 9.74. The molecule has 0 aromatic carbocycles. The van der Waals surface area contributed by atoms with E-state index in [1.807, 2.05) is 19.2 Å². The molecule has 2 atom stereocenters.